The summed E-state index contributed by atoms with van der Waals surface area (Å²) in [5.74, 6) is 0.0208. The Hall–Kier alpha value is -2.63. The highest BCUT2D eigenvalue weighted by Crippen LogP contribution is 2.30. The van der Waals surface area contributed by atoms with Crippen LogP contribution >= 0.6 is 0 Å². The molecule has 1 heterocycles. The Kier molecular flexibility index (Phi) is 4.41. The zero-order valence-corrected chi connectivity index (χ0v) is 12.7. The van der Waals surface area contributed by atoms with E-state index >= 15 is 0 Å². The molecule has 1 aromatic carbocycles. The first-order chi connectivity index (χ1) is 11.1. The summed E-state index contributed by atoms with van der Waals surface area (Å²) in [4.78, 5) is 34.8. The molecule has 1 atom stereocenters. The number of carbonyl (C=O) groups is 1. The summed E-state index contributed by atoms with van der Waals surface area (Å²) in [5, 5.41) is 5.22. The van der Waals surface area contributed by atoms with Gasteiger partial charge in [-0.3, -0.25) is 19.5 Å². The van der Waals surface area contributed by atoms with Crippen LogP contribution in [0.3, 0.4) is 0 Å². The number of hydrogen-bond donors (Lipinski definition) is 2. The van der Waals surface area contributed by atoms with Gasteiger partial charge < -0.3 is 5.32 Å². The van der Waals surface area contributed by atoms with Crippen molar-refractivity contribution < 1.29 is 4.79 Å². The lowest BCUT2D eigenvalue weighted by molar-refractivity contribution is -0.122. The standard InChI is InChI=1S/C17H19N3O3/c21-15-8-9-17(23)20(19-15)11-16(22)18-10-13-6-3-5-12-4-1-2-7-14(12)13/h1-2,4,7-9,13H,3,5-6,10-11H2,(H,18,22)(H,19,21)/t13-/m1/s1. The zero-order chi connectivity index (χ0) is 16.2. The molecule has 23 heavy (non-hydrogen) atoms. The minimum Gasteiger partial charge on any atom is -0.354 e. The molecule has 6 heteroatoms. The normalized spacial score (nSPS) is 16.6. The molecule has 0 bridgehead atoms. The maximum Gasteiger partial charge on any atom is 0.265 e. The Morgan fingerprint density at radius 2 is 2.04 bits per heavy atom. The Morgan fingerprint density at radius 1 is 1.22 bits per heavy atom. The van der Waals surface area contributed by atoms with Gasteiger partial charge in [0.05, 0.1) is 0 Å². The molecule has 0 spiro atoms. The van der Waals surface area contributed by atoms with Gasteiger partial charge in [-0.2, -0.15) is 0 Å². The van der Waals surface area contributed by atoms with Gasteiger partial charge in [0.1, 0.15) is 6.54 Å². The molecule has 0 saturated carbocycles. The topological polar surface area (TPSA) is 84.0 Å². The zero-order valence-electron chi connectivity index (χ0n) is 12.7. The molecule has 120 valence electrons. The SMILES string of the molecule is O=C(Cn1[nH]c(=O)ccc1=O)NC[C@H]1CCCc2ccccc21. The highest BCUT2D eigenvalue weighted by atomic mass is 16.2. The quantitative estimate of drug-likeness (QED) is 0.874. The van der Waals surface area contributed by atoms with E-state index in [-0.39, 0.29) is 12.5 Å². The molecule has 2 N–H and O–H groups in total. The van der Waals surface area contributed by atoms with Crippen LogP contribution in [0.15, 0.2) is 46.0 Å². The molecule has 0 fully saturated rings. The van der Waals surface area contributed by atoms with E-state index in [0.29, 0.717) is 12.5 Å². The first-order valence-corrected chi connectivity index (χ1v) is 7.78. The van der Waals surface area contributed by atoms with E-state index in [1.54, 1.807) is 0 Å². The summed E-state index contributed by atoms with van der Waals surface area (Å²) in [6, 6.07) is 10.6. The molecule has 3 rings (SSSR count). The van der Waals surface area contributed by atoms with Crippen molar-refractivity contribution in [2.75, 3.05) is 6.54 Å². The average molecular weight is 313 g/mol. The fourth-order valence-corrected chi connectivity index (χ4v) is 3.08. The summed E-state index contributed by atoms with van der Waals surface area (Å²) in [7, 11) is 0. The molecule has 0 saturated heterocycles. The van der Waals surface area contributed by atoms with Crippen molar-refractivity contribution in [2.24, 2.45) is 0 Å². The number of benzene rings is 1. The van der Waals surface area contributed by atoms with Gasteiger partial charge in [-0.05, 0) is 30.4 Å². The largest absolute Gasteiger partial charge is 0.354 e. The van der Waals surface area contributed by atoms with Crippen LogP contribution in [0.5, 0.6) is 0 Å². The van der Waals surface area contributed by atoms with Crippen molar-refractivity contribution in [3.05, 3.63) is 68.2 Å². The highest BCUT2D eigenvalue weighted by molar-refractivity contribution is 5.75. The number of carbonyl (C=O) groups excluding carboxylic acids is 1. The third kappa shape index (κ3) is 3.59. The second-order valence-electron chi connectivity index (χ2n) is 5.83. The molecule has 1 aromatic heterocycles. The third-order valence-corrected chi connectivity index (χ3v) is 4.23. The van der Waals surface area contributed by atoms with Crippen molar-refractivity contribution in [2.45, 2.75) is 31.7 Å². The van der Waals surface area contributed by atoms with Crippen LogP contribution < -0.4 is 16.4 Å². The Balaban J connectivity index is 1.63. The fraction of sp³-hybridized carbons (Fsp3) is 0.353. The Bertz CT molecular complexity index is 822. The first kappa shape index (κ1) is 15.3. The van der Waals surface area contributed by atoms with E-state index in [0.717, 1.165) is 36.1 Å². The van der Waals surface area contributed by atoms with Gasteiger partial charge >= 0.3 is 0 Å². The lowest BCUT2D eigenvalue weighted by Gasteiger charge is -2.25. The average Bonchev–Trinajstić information content (AvgIpc) is 2.56. The van der Waals surface area contributed by atoms with Gasteiger partial charge in [-0.1, -0.05) is 24.3 Å². The number of aromatic nitrogens is 2. The van der Waals surface area contributed by atoms with Crippen LogP contribution in [-0.4, -0.2) is 22.2 Å². The van der Waals surface area contributed by atoms with E-state index < -0.39 is 11.1 Å². The maximum atomic E-state index is 12.0. The van der Waals surface area contributed by atoms with Crippen LogP contribution in [0.4, 0.5) is 0 Å². The lowest BCUT2D eigenvalue weighted by atomic mass is 9.83. The van der Waals surface area contributed by atoms with E-state index in [9.17, 15) is 14.4 Å². The van der Waals surface area contributed by atoms with Gasteiger partial charge in [0.25, 0.3) is 11.1 Å². The number of H-pyrrole nitrogens is 1. The summed E-state index contributed by atoms with van der Waals surface area (Å²) < 4.78 is 1.02. The maximum absolute atomic E-state index is 12.0. The van der Waals surface area contributed by atoms with Crippen molar-refractivity contribution in [3.8, 4) is 0 Å². The van der Waals surface area contributed by atoms with Crippen molar-refractivity contribution in [1.82, 2.24) is 15.1 Å². The number of amides is 1. The van der Waals surface area contributed by atoms with Crippen molar-refractivity contribution >= 4 is 5.91 Å². The van der Waals surface area contributed by atoms with Crippen molar-refractivity contribution in [3.63, 3.8) is 0 Å². The van der Waals surface area contributed by atoms with Crippen LogP contribution in [0, 0.1) is 0 Å². The number of rotatable bonds is 4. The fourth-order valence-electron chi connectivity index (χ4n) is 3.08. The minimum absolute atomic E-state index is 0.177. The van der Waals surface area contributed by atoms with Gasteiger partial charge in [-0.25, -0.2) is 4.68 Å². The van der Waals surface area contributed by atoms with E-state index in [1.807, 2.05) is 12.1 Å². The van der Waals surface area contributed by atoms with E-state index in [1.165, 1.54) is 11.1 Å². The van der Waals surface area contributed by atoms with Gasteiger partial charge in [-0.15, -0.1) is 0 Å². The summed E-state index contributed by atoms with van der Waals surface area (Å²) in [6.45, 7) is 0.366. The highest BCUT2D eigenvalue weighted by Gasteiger charge is 2.20. The molecule has 6 nitrogen and oxygen atoms in total. The smallest absolute Gasteiger partial charge is 0.265 e. The number of nitrogens with zero attached hydrogens (tertiary/aromatic N) is 1. The van der Waals surface area contributed by atoms with Crippen molar-refractivity contribution in [1.29, 1.82) is 0 Å². The Labute approximate surface area is 133 Å². The van der Waals surface area contributed by atoms with Crippen LogP contribution in [0.1, 0.15) is 29.9 Å². The summed E-state index contributed by atoms with van der Waals surface area (Å²) in [5.41, 5.74) is 1.84. The second kappa shape index (κ2) is 6.64. The molecule has 0 radical (unpaired) electrons. The lowest BCUT2D eigenvalue weighted by Crippen LogP contribution is -2.37. The number of nitrogens with one attached hydrogen (secondary N) is 2. The van der Waals surface area contributed by atoms with Crippen LogP contribution in [0.2, 0.25) is 0 Å². The molecule has 0 aliphatic heterocycles. The molecular weight excluding hydrogens is 294 g/mol. The summed E-state index contributed by atoms with van der Waals surface area (Å²) in [6.07, 6.45) is 3.24. The minimum atomic E-state index is -0.404. The number of fused-ring (bicyclic) bond motifs is 1. The van der Waals surface area contributed by atoms with Crippen LogP contribution in [0.25, 0.3) is 0 Å². The molecule has 1 amide bonds. The number of aromatic amines is 1. The Morgan fingerprint density at radius 3 is 2.91 bits per heavy atom. The van der Waals surface area contributed by atoms with Gasteiger partial charge in [0.2, 0.25) is 5.91 Å². The molecule has 1 aliphatic carbocycles. The number of aryl methyl sites for hydroxylation is 1. The van der Waals surface area contributed by atoms with E-state index in [4.69, 9.17) is 0 Å². The van der Waals surface area contributed by atoms with E-state index in [2.05, 4.69) is 22.5 Å². The predicted molar refractivity (Wildman–Crippen MR) is 86.5 cm³/mol. The second-order valence-corrected chi connectivity index (χ2v) is 5.83. The third-order valence-electron chi connectivity index (χ3n) is 4.23. The molecule has 2 aromatic rings. The summed E-state index contributed by atoms with van der Waals surface area (Å²) >= 11 is 0. The first-order valence-electron chi connectivity index (χ1n) is 7.78. The van der Waals surface area contributed by atoms with Gasteiger partial charge in [0.15, 0.2) is 0 Å². The molecule has 1 aliphatic rings. The van der Waals surface area contributed by atoms with Crippen LogP contribution in [-0.2, 0) is 17.8 Å². The molecule has 0 unspecified atom stereocenters. The monoisotopic (exact) mass is 313 g/mol. The predicted octanol–water partition coefficient (Wildman–Crippen LogP) is 0.773. The van der Waals surface area contributed by atoms with Gasteiger partial charge in [0, 0.05) is 24.6 Å². The molecular formula is C17H19N3O3. The number of hydrogen-bond acceptors (Lipinski definition) is 3.